The Balaban J connectivity index is 1.59. The molecule has 3 rings (SSSR count). The minimum atomic E-state index is -0.469. The van der Waals surface area contributed by atoms with Crippen LogP contribution in [0.1, 0.15) is 15.9 Å². The third kappa shape index (κ3) is 4.64. The number of non-ortho nitro benzene ring substituents is 1. The smallest absolute Gasteiger partial charge is 0.269 e. The van der Waals surface area contributed by atoms with Gasteiger partial charge in [0.1, 0.15) is 5.75 Å². The van der Waals surface area contributed by atoms with E-state index in [0.717, 1.165) is 35.4 Å². The van der Waals surface area contributed by atoms with E-state index >= 15 is 0 Å². The summed E-state index contributed by atoms with van der Waals surface area (Å²) in [5, 5.41) is 10.7. The number of nitro groups is 1. The fourth-order valence-corrected chi connectivity index (χ4v) is 3.54. The molecule has 1 aliphatic heterocycles. The van der Waals surface area contributed by atoms with Crippen LogP contribution in [0.25, 0.3) is 0 Å². The minimum absolute atomic E-state index is 0.0145. The van der Waals surface area contributed by atoms with Crippen LogP contribution in [0.4, 0.5) is 5.69 Å². The fourth-order valence-electron chi connectivity index (χ4n) is 3.13. The normalized spacial score (nSPS) is 14.8. The predicted octanol–water partition coefficient (Wildman–Crippen LogP) is 3.32. The fraction of sp³-hybridized carbons (Fsp3) is 0.316. The maximum absolute atomic E-state index is 12.6. The van der Waals surface area contributed by atoms with Gasteiger partial charge in [0.25, 0.3) is 11.6 Å². The van der Waals surface area contributed by atoms with Crippen molar-refractivity contribution in [3.8, 4) is 5.75 Å². The summed E-state index contributed by atoms with van der Waals surface area (Å²) in [6.45, 7) is 3.50. The Bertz CT molecular complexity index is 833. The summed E-state index contributed by atoms with van der Waals surface area (Å²) < 4.78 is 6.43. The molecule has 0 N–H and O–H groups in total. The van der Waals surface area contributed by atoms with E-state index in [4.69, 9.17) is 4.74 Å². The molecule has 27 heavy (non-hydrogen) atoms. The number of amides is 1. The standard InChI is InChI=1S/C19H20BrN3O4/c1-27-18-7-4-16(20)12-15(18)13-21-8-10-22(11-9-21)19(24)14-2-5-17(6-3-14)23(25)26/h2-7,12H,8-11,13H2,1H3. The van der Waals surface area contributed by atoms with E-state index < -0.39 is 4.92 Å². The SMILES string of the molecule is COc1ccc(Br)cc1CN1CCN(C(=O)c2ccc([N+](=O)[O-])cc2)CC1. The molecule has 0 saturated carbocycles. The van der Waals surface area contributed by atoms with Gasteiger partial charge < -0.3 is 9.64 Å². The van der Waals surface area contributed by atoms with Crippen LogP contribution in [0.3, 0.4) is 0 Å². The molecular formula is C19H20BrN3O4. The molecule has 0 atom stereocenters. The lowest BCUT2D eigenvalue weighted by Crippen LogP contribution is -2.48. The molecule has 8 heteroatoms. The Morgan fingerprint density at radius 1 is 1.15 bits per heavy atom. The average molecular weight is 434 g/mol. The monoisotopic (exact) mass is 433 g/mol. The molecule has 0 aromatic heterocycles. The lowest BCUT2D eigenvalue weighted by Gasteiger charge is -2.35. The lowest BCUT2D eigenvalue weighted by molar-refractivity contribution is -0.384. The number of hydrogen-bond acceptors (Lipinski definition) is 5. The minimum Gasteiger partial charge on any atom is -0.496 e. The second-order valence-electron chi connectivity index (χ2n) is 6.33. The van der Waals surface area contributed by atoms with Crippen LogP contribution >= 0.6 is 15.9 Å². The maximum Gasteiger partial charge on any atom is 0.269 e. The Morgan fingerprint density at radius 2 is 1.81 bits per heavy atom. The Kier molecular flexibility index (Phi) is 6.08. The van der Waals surface area contributed by atoms with Crippen molar-refractivity contribution in [1.82, 2.24) is 9.80 Å². The zero-order chi connectivity index (χ0) is 19.4. The van der Waals surface area contributed by atoms with Crippen LogP contribution in [-0.4, -0.2) is 53.9 Å². The average Bonchev–Trinajstić information content (AvgIpc) is 2.68. The van der Waals surface area contributed by atoms with Crippen molar-refractivity contribution in [3.63, 3.8) is 0 Å². The van der Waals surface area contributed by atoms with Crippen LogP contribution in [-0.2, 0) is 6.54 Å². The second kappa shape index (κ2) is 8.49. The first kappa shape index (κ1) is 19.3. The van der Waals surface area contributed by atoms with Crippen LogP contribution < -0.4 is 4.74 Å². The number of carbonyl (C=O) groups is 1. The molecule has 142 valence electrons. The van der Waals surface area contributed by atoms with Crippen molar-refractivity contribution >= 4 is 27.5 Å². The zero-order valence-corrected chi connectivity index (χ0v) is 16.5. The van der Waals surface area contributed by atoms with Crippen LogP contribution in [0, 0.1) is 10.1 Å². The van der Waals surface area contributed by atoms with Gasteiger partial charge in [0.15, 0.2) is 0 Å². The molecule has 7 nitrogen and oxygen atoms in total. The predicted molar refractivity (Wildman–Crippen MR) is 105 cm³/mol. The first-order valence-electron chi connectivity index (χ1n) is 8.56. The molecule has 0 aliphatic carbocycles. The molecule has 0 spiro atoms. The summed E-state index contributed by atoms with van der Waals surface area (Å²) in [5.41, 5.74) is 1.56. The highest BCUT2D eigenvalue weighted by Gasteiger charge is 2.23. The van der Waals surface area contributed by atoms with Gasteiger partial charge in [-0.05, 0) is 30.3 Å². The quantitative estimate of drug-likeness (QED) is 0.533. The summed E-state index contributed by atoms with van der Waals surface area (Å²) in [7, 11) is 1.66. The number of carbonyl (C=O) groups excluding carboxylic acids is 1. The molecule has 1 amide bonds. The number of benzene rings is 2. The topological polar surface area (TPSA) is 75.9 Å². The van der Waals surface area contributed by atoms with E-state index in [2.05, 4.69) is 20.8 Å². The maximum atomic E-state index is 12.6. The number of piperazine rings is 1. The molecule has 1 aliphatic rings. The van der Waals surface area contributed by atoms with E-state index in [1.54, 1.807) is 12.0 Å². The summed E-state index contributed by atoms with van der Waals surface area (Å²) in [6, 6.07) is 11.7. The summed E-state index contributed by atoms with van der Waals surface area (Å²) in [4.78, 5) is 26.9. The van der Waals surface area contributed by atoms with Crippen molar-refractivity contribution in [1.29, 1.82) is 0 Å². The first-order chi connectivity index (χ1) is 13.0. The van der Waals surface area contributed by atoms with Gasteiger partial charge in [-0.2, -0.15) is 0 Å². The third-order valence-electron chi connectivity index (χ3n) is 4.62. The molecule has 2 aromatic carbocycles. The van der Waals surface area contributed by atoms with Crippen molar-refractivity contribution in [3.05, 3.63) is 68.2 Å². The van der Waals surface area contributed by atoms with Crippen LogP contribution in [0.5, 0.6) is 5.75 Å². The van der Waals surface area contributed by atoms with E-state index in [1.807, 2.05) is 18.2 Å². The molecule has 1 saturated heterocycles. The summed E-state index contributed by atoms with van der Waals surface area (Å²) >= 11 is 3.49. The highest BCUT2D eigenvalue weighted by molar-refractivity contribution is 9.10. The van der Waals surface area contributed by atoms with Crippen LogP contribution in [0.2, 0.25) is 0 Å². The number of methoxy groups -OCH3 is 1. The highest BCUT2D eigenvalue weighted by atomic mass is 79.9. The third-order valence-corrected chi connectivity index (χ3v) is 5.11. The van der Waals surface area contributed by atoms with Crippen LogP contribution in [0.15, 0.2) is 46.9 Å². The van der Waals surface area contributed by atoms with Gasteiger partial charge in [0, 0.05) is 60.5 Å². The number of halogens is 1. The van der Waals surface area contributed by atoms with Gasteiger partial charge in [0.05, 0.1) is 12.0 Å². The van der Waals surface area contributed by atoms with Gasteiger partial charge in [-0.25, -0.2) is 0 Å². The zero-order valence-electron chi connectivity index (χ0n) is 14.9. The lowest BCUT2D eigenvalue weighted by atomic mass is 10.1. The first-order valence-corrected chi connectivity index (χ1v) is 9.35. The van der Waals surface area contributed by atoms with E-state index in [9.17, 15) is 14.9 Å². The molecule has 0 unspecified atom stereocenters. The molecule has 0 bridgehead atoms. The van der Waals surface area contributed by atoms with E-state index in [1.165, 1.54) is 24.3 Å². The highest BCUT2D eigenvalue weighted by Crippen LogP contribution is 2.25. The van der Waals surface area contributed by atoms with Crippen molar-refractivity contribution < 1.29 is 14.5 Å². The van der Waals surface area contributed by atoms with Gasteiger partial charge in [-0.3, -0.25) is 19.8 Å². The van der Waals surface area contributed by atoms with Gasteiger partial charge >= 0.3 is 0 Å². The molecule has 2 aromatic rings. The van der Waals surface area contributed by atoms with Crippen molar-refractivity contribution in [2.45, 2.75) is 6.54 Å². The number of hydrogen-bond donors (Lipinski definition) is 0. The Hall–Kier alpha value is -2.45. The van der Waals surface area contributed by atoms with Gasteiger partial charge in [-0.15, -0.1) is 0 Å². The van der Waals surface area contributed by atoms with Crippen molar-refractivity contribution in [2.75, 3.05) is 33.3 Å². The Labute approximate surface area is 165 Å². The molecule has 1 heterocycles. The summed E-state index contributed by atoms with van der Waals surface area (Å²) in [5.74, 6) is 0.757. The number of nitro benzene ring substituents is 1. The number of ether oxygens (including phenoxy) is 1. The van der Waals surface area contributed by atoms with E-state index in [-0.39, 0.29) is 11.6 Å². The van der Waals surface area contributed by atoms with Crippen molar-refractivity contribution in [2.24, 2.45) is 0 Å². The number of nitrogens with zero attached hydrogens (tertiary/aromatic N) is 3. The number of rotatable bonds is 5. The summed E-state index contributed by atoms with van der Waals surface area (Å²) in [6.07, 6.45) is 0. The molecular weight excluding hydrogens is 414 g/mol. The van der Waals surface area contributed by atoms with Gasteiger partial charge in [-0.1, -0.05) is 15.9 Å². The Morgan fingerprint density at radius 3 is 2.41 bits per heavy atom. The second-order valence-corrected chi connectivity index (χ2v) is 7.24. The largest absolute Gasteiger partial charge is 0.496 e. The van der Waals surface area contributed by atoms with Gasteiger partial charge in [0.2, 0.25) is 0 Å². The molecule has 0 radical (unpaired) electrons. The molecule has 1 fully saturated rings. The van der Waals surface area contributed by atoms with E-state index in [0.29, 0.717) is 18.7 Å².